The number of nitrogens with zero attached hydrogens (tertiary/aromatic N) is 1. The molecule has 3 aromatic rings. The molecule has 124 valence electrons. The van der Waals surface area contributed by atoms with E-state index in [0.29, 0.717) is 21.3 Å². The van der Waals surface area contributed by atoms with Crippen LogP contribution in [0.4, 0.5) is 5.69 Å². The van der Waals surface area contributed by atoms with Gasteiger partial charge in [0, 0.05) is 11.1 Å². The number of nitrogens with one attached hydrogen (secondary N) is 1. The first-order valence-electron chi connectivity index (χ1n) is 7.38. The first kappa shape index (κ1) is 17.5. The molecule has 0 amide bonds. The quantitative estimate of drug-likeness (QED) is 0.369. The van der Waals surface area contributed by atoms with Gasteiger partial charge in [-0.2, -0.15) is 0 Å². The van der Waals surface area contributed by atoms with E-state index >= 15 is 0 Å². The minimum absolute atomic E-state index is 0.166. The molecule has 0 atom stereocenters. The van der Waals surface area contributed by atoms with Crippen LogP contribution in [0.2, 0.25) is 10.2 Å². The Balaban J connectivity index is 1.98. The molecule has 1 heterocycles. The van der Waals surface area contributed by atoms with Crippen molar-refractivity contribution in [2.45, 2.75) is 0 Å². The van der Waals surface area contributed by atoms with Crippen molar-refractivity contribution >= 4 is 51.9 Å². The Bertz CT molecular complexity index is 945. The number of carbonyl (C=O) groups excluding carboxylic acids is 1. The molecule has 6 heteroatoms. The number of anilines is 1. The predicted octanol–water partition coefficient (Wildman–Crippen LogP) is 5.41. The van der Waals surface area contributed by atoms with E-state index in [2.05, 4.69) is 10.3 Å². The van der Waals surface area contributed by atoms with Crippen LogP contribution in [0.3, 0.4) is 0 Å². The van der Waals surface area contributed by atoms with Crippen LogP contribution in [0.15, 0.2) is 66.7 Å². The summed E-state index contributed by atoms with van der Waals surface area (Å²) in [7, 11) is 0. The molecule has 0 spiro atoms. The third-order valence-electron chi connectivity index (χ3n) is 3.48. The van der Waals surface area contributed by atoms with Crippen LogP contribution >= 0.6 is 35.4 Å². The molecule has 0 aliphatic carbocycles. The Labute approximate surface area is 160 Å². The van der Waals surface area contributed by atoms with Crippen LogP contribution in [0.25, 0.3) is 0 Å². The largest absolute Gasteiger partial charge is 0.344 e. The number of hydrogen-bond donors (Lipinski definition) is 1. The second kappa shape index (κ2) is 7.74. The molecule has 0 aliphatic rings. The second-order valence-electron chi connectivity index (χ2n) is 5.16. The highest BCUT2D eigenvalue weighted by atomic mass is 35.5. The van der Waals surface area contributed by atoms with Gasteiger partial charge in [-0.3, -0.25) is 4.79 Å². The topological polar surface area (TPSA) is 42.0 Å². The number of carbonyl (C=O) groups is 1. The number of ketones is 1. The molecule has 0 saturated heterocycles. The van der Waals surface area contributed by atoms with E-state index in [1.54, 1.807) is 36.4 Å². The highest BCUT2D eigenvalue weighted by Crippen LogP contribution is 2.24. The van der Waals surface area contributed by atoms with Gasteiger partial charge in [0.05, 0.1) is 10.7 Å². The monoisotopic (exact) mass is 386 g/mol. The Hall–Kier alpha value is -2.27. The number of halogens is 2. The molecule has 0 fully saturated rings. The lowest BCUT2D eigenvalue weighted by Gasteiger charge is -2.12. The van der Waals surface area contributed by atoms with E-state index in [9.17, 15) is 4.79 Å². The summed E-state index contributed by atoms with van der Waals surface area (Å²) in [6, 6.07) is 19.5. The van der Waals surface area contributed by atoms with Gasteiger partial charge in [0.25, 0.3) is 0 Å². The van der Waals surface area contributed by atoms with Crippen molar-refractivity contribution < 1.29 is 4.79 Å². The van der Waals surface area contributed by atoms with Crippen LogP contribution in [-0.2, 0) is 0 Å². The average molecular weight is 387 g/mol. The molecule has 3 nitrogen and oxygen atoms in total. The average Bonchev–Trinajstić information content (AvgIpc) is 2.63. The van der Waals surface area contributed by atoms with Crippen molar-refractivity contribution in [3.05, 3.63) is 93.7 Å². The Morgan fingerprint density at radius 3 is 2.32 bits per heavy atom. The fourth-order valence-electron chi connectivity index (χ4n) is 2.27. The molecule has 0 radical (unpaired) electrons. The van der Waals surface area contributed by atoms with Gasteiger partial charge in [0.1, 0.15) is 15.8 Å². The molecular weight excluding hydrogens is 375 g/mol. The van der Waals surface area contributed by atoms with E-state index in [4.69, 9.17) is 35.4 Å². The second-order valence-corrected chi connectivity index (χ2v) is 6.36. The van der Waals surface area contributed by atoms with Crippen molar-refractivity contribution in [3.8, 4) is 0 Å². The van der Waals surface area contributed by atoms with E-state index < -0.39 is 0 Å². The fraction of sp³-hybridized carbons (Fsp3) is 0. The summed E-state index contributed by atoms with van der Waals surface area (Å²) in [6.07, 6.45) is 0. The Kier molecular flexibility index (Phi) is 5.43. The van der Waals surface area contributed by atoms with Gasteiger partial charge in [-0.25, -0.2) is 4.98 Å². The summed E-state index contributed by atoms with van der Waals surface area (Å²) in [5, 5.41) is 3.64. The summed E-state index contributed by atoms with van der Waals surface area (Å²) >= 11 is 17.5. The first-order valence-corrected chi connectivity index (χ1v) is 8.55. The normalized spacial score (nSPS) is 10.3. The molecule has 3 rings (SSSR count). The zero-order chi connectivity index (χ0) is 17.8. The van der Waals surface area contributed by atoms with Gasteiger partial charge in [0.15, 0.2) is 0 Å². The maximum atomic E-state index is 12.9. The lowest BCUT2D eigenvalue weighted by atomic mass is 10.1. The molecular formula is C19H12Cl2N2OS. The van der Waals surface area contributed by atoms with Crippen molar-refractivity contribution in [1.82, 2.24) is 4.98 Å². The first-order chi connectivity index (χ1) is 12.1. The molecule has 1 aromatic heterocycles. The number of hydrogen-bond acceptors (Lipinski definition) is 3. The SMILES string of the molecule is O=C(c1ccccc1Cl)c1nc(Cl)ccc1NC(=S)c1ccccc1. The predicted molar refractivity (Wildman–Crippen MR) is 106 cm³/mol. The summed E-state index contributed by atoms with van der Waals surface area (Å²) in [5.41, 5.74) is 1.83. The van der Waals surface area contributed by atoms with Crippen LogP contribution in [0, 0.1) is 0 Å². The van der Waals surface area contributed by atoms with Gasteiger partial charge >= 0.3 is 0 Å². The lowest BCUT2D eigenvalue weighted by Crippen LogP contribution is -2.15. The third-order valence-corrected chi connectivity index (χ3v) is 4.36. The van der Waals surface area contributed by atoms with Gasteiger partial charge in [-0.1, -0.05) is 77.9 Å². The zero-order valence-electron chi connectivity index (χ0n) is 12.9. The standard InChI is InChI=1S/C19H12Cl2N2OS/c20-14-9-5-4-8-13(14)18(24)17-15(10-11-16(21)23-17)22-19(25)12-6-2-1-3-7-12/h1-11H,(H,22,25). The molecule has 2 aromatic carbocycles. The number of aromatic nitrogens is 1. The highest BCUT2D eigenvalue weighted by molar-refractivity contribution is 7.81. The van der Waals surface area contributed by atoms with Crippen molar-refractivity contribution in [3.63, 3.8) is 0 Å². The summed E-state index contributed by atoms with van der Waals surface area (Å²) in [4.78, 5) is 17.5. The van der Waals surface area contributed by atoms with Crippen LogP contribution < -0.4 is 5.32 Å². The number of thiocarbonyl (C=S) groups is 1. The molecule has 0 aliphatic heterocycles. The maximum absolute atomic E-state index is 12.9. The van der Waals surface area contributed by atoms with E-state index in [-0.39, 0.29) is 16.6 Å². The van der Waals surface area contributed by atoms with Gasteiger partial charge in [-0.05, 0) is 24.3 Å². The van der Waals surface area contributed by atoms with Crippen LogP contribution in [0.1, 0.15) is 21.6 Å². The minimum atomic E-state index is -0.327. The summed E-state index contributed by atoms with van der Waals surface area (Å²) < 4.78 is 0. The Morgan fingerprint density at radius 1 is 0.920 bits per heavy atom. The van der Waals surface area contributed by atoms with Gasteiger partial charge in [0.2, 0.25) is 5.78 Å². The van der Waals surface area contributed by atoms with E-state index in [1.165, 1.54) is 0 Å². The number of rotatable bonds is 4. The molecule has 1 N–H and O–H groups in total. The van der Waals surface area contributed by atoms with Gasteiger partial charge in [-0.15, -0.1) is 0 Å². The Morgan fingerprint density at radius 2 is 1.60 bits per heavy atom. The molecule has 0 bridgehead atoms. The van der Waals surface area contributed by atoms with Gasteiger partial charge < -0.3 is 5.32 Å². The van der Waals surface area contributed by atoms with E-state index in [0.717, 1.165) is 5.56 Å². The van der Waals surface area contributed by atoms with Crippen LogP contribution in [0.5, 0.6) is 0 Å². The fourth-order valence-corrected chi connectivity index (χ4v) is 2.88. The van der Waals surface area contributed by atoms with E-state index in [1.807, 2.05) is 30.3 Å². The smallest absolute Gasteiger partial charge is 0.215 e. The van der Waals surface area contributed by atoms with Crippen molar-refractivity contribution in [1.29, 1.82) is 0 Å². The molecule has 0 unspecified atom stereocenters. The summed E-state index contributed by atoms with van der Waals surface area (Å²) in [6.45, 7) is 0. The van der Waals surface area contributed by atoms with Crippen molar-refractivity contribution in [2.24, 2.45) is 0 Å². The number of benzene rings is 2. The highest BCUT2D eigenvalue weighted by Gasteiger charge is 2.19. The summed E-state index contributed by atoms with van der Waals surface area (Å²) in [5.74, 6) is -0.327. The minimum Gasteiger partial charge on any atom is -0.344 e. The molecule has 0 saturated carbocycles. The third kappa shape index (κ3) is 4.04. The maximum Gasteiger partial charge on any atom is 0.215 e. The molecule has 25 heavy (non-hydrogen) atoms. The zero-order valence-corrected chi connectivity index (χ0v) is 15.2. The van der Waals surface area contributed by atoms with Crippen LogP contribution in [-0.4, -0.2) is 15.8 Å². The van der Waals surface area contributed by atoms with Crippen molar-refractivity contribution in [2.75, 3.05) is 5.32 Å². The number of pyridine rings is 1. The lowest BCUT2D eigenvalue weighted by molar-refractivity contribution is 0.103.